The van der Waals surface area contributed by atoms with Gasteiger partial charge in [-0.25, -0.2) is 0 Å². The van der Waals surface area contributed by atoms with Crippen molar-refractivity contribution in [3.05, 3.63) is 71.3 Å². The Labute approximate surface area is 179 Å². The van der Waals surface area contributed by atoms with Gasteiger partial charge in [-0.2, -0.15) is 0 Å². The van der Waals surface area contributed by atoms with E-state index in [1.807, 2.05) is 0 Å². The van der Waals surface area contributed by atoms with Crippen LogP contribution in [0.5, 0.6) is 0 Å². The van der Waals surface area contributed by atoms with Crippen molar-refractivity contribution in [2.45, 2.75) is 44.7 Å². The molecule has 28 heavy (non-hydrogen) atoms. The second kappa shape index (κ2) is 10.8. The molecule has 1 saturated heterocycles. The molecule has 0 atom stereocenters. The van der Waals surface area contributed by atoms with E-state index in [-0.39, 0.29) is 23.9 Å². The lowest BCUT2D eigenvalue weighted by atomic mass is 9.80. The van der Waals surface area contributed by atoms with E-state index in [1.54, 1.807) is 0 Å². The van der Waals surface area contributed by atoms with E-state index in [0.29, 0.717) is 12.3 Å². The summed E-state index contributed by atoms with van der Waals surface area (Å²) in [6.07, 6.45) is 3.06. The quantitative estimate of drug-likeness (QED) is 0.635. The first-order valence-corrected chi connectivity index (χ1v) is 10.4. The van der Waals surface area contributed by atoms with Gasteiger partial charge in [-0.15, -0.1) is 24.0 Å². The third-order valence-electron chi connectivity index (χ3n) is 5.45. The number of hydrogen-bond acceptors (Lipinski definition) is 2. The lowest BCUT2D eigenvalue weighted by molar-refractivity contribution is -0.124. The maximum Gasteiger partial charge on any atom is 0.220 e. The van der Waals surface area contributed by atoms with Gasteiger partial charge in [-0.3, -0.25) is 9.69 Å². The molecule has 1 aliphatic rings. The lowest BCUT2D eigenvalue weighted by Crippen LogP contribution is -2.53. The van der Waals surface area contributed by atoms with Crippen LogP contribution in [-0.2, 0) is 16.9 Å². The highest BCUT2D eigenvalue weighted by Crippen LogP contribution is 2.34. The summed E-state index contributed by atoms with van der Waals surface area (Å²) in [7, 11) is 0. The molecule has 5 heteroatoms. The molecule has 0 saturated carbocycles. The molecule has 2 aromatic carbocycles. The van der Waals surface area contributed by atoms with Gasteiger partial charge < -0.3 is 5.32 Å². The number of alkyl halides is 1. The van der Waals surface area contributed by atoms with Gasteiger partial charge in [0.15, 0.2) is 0 Å². The Hall–Kier alpha value is -1.55. The molecule has 152 valence electrons. The largest absolute Gasteiger partial charge is 0.346 e. The normalized spacial score (nSPS) is 16.2. The van der Waals surface area contributed by atoms with Crippen molar-refractivity contribution >= 4 is 29.9 Å². The average Bonchev–Trinajstić information content (AvgIpc) is 2.69. The van der Waals surface area contributed by atoms with E-state index in [1.165, 1.54) is 16.7 Å². The lowest BCUT2D eigenvalue weighted by Gasteiger charge is -2.43. The highest BCUT2D eigenvalue weighted by Gasteiger charge is 2.37. The Morgan fingerprint density at radius 1 is 1.11 bits per heavy atom. The molecule has 0 aliphatic carbocycles. The number of nitrogens with one attached hydrogen (secondary N) is 1. The van der Waals surface area contributed by atoms with Crippen LogP contribution in [0.1, 0.15) is 42.4 Å². The van der Waals surface area contributed by atoms with Crippen LogP contribution >= 0.6 is 24.0 Å². The molecule has 0 spiro atoms. The summed E-state index contributed by atoms with van der Waals surface area (Å²) in [6, 6.07) is 19.2. The predicted molar refractivity (Wildman–Crippen MR) is 119 cm³/mol. The highest BCUT2D eigenvalue weighted by molar-refractivity contribution is 6.17. The molecule has 0 unspecified atom stereocenters. The van der Waals surface area contributed by atoms with Crippen molar-refractivity contribution in [1.82, 2.24) is 10.2 Å². The molecule has 2 aromatic rings. The molecule has 3 nitrogen and oxygen atoms in total. The van der Waals surface area contributed by atoms with Gasteiger partial charge in [0.1, 0.15) is 0 Å². The second-order valence-corrected chi connectivity index (χ2v) is 7.93. The summed E-state index contributed by atoms with van der Waals surface area (Å²) in [5.41, 5.74) is 3.52. The highest BCUT2D eigenvalue weighted by atomic mass is 35.5. The molecular weight excluding hydrogens is 391 g/mol. The van der Waals surface area contributed by atoms with Gasteiger partial charge in [0.05, 0.1) is 5.54 Å². The van der Waals surface area contributed by atoms with Gasteiger partial charge in [0, 0.05) is 31.9 Å². The van der Waals surface area contributed by atoms with Crippen LogP contribution in [-0.4, -0.2) is 29.8 Å². The first-order chi connectivity index (χ1) is 13.1. The van der Waals surface area contributed by atoms with Gasteiger partial charge in [-0.1, -0.05) is 60.2 Å². The number of amides is 1. The maximum atomic E-state index is 12.5. The van der Waals surface area contributed by atoms with E-state index in [0.717, 1.165) is 38.9 Å². The molecular formula is C23H30Cl2N2O. The Morgan fingerprint density at radius 2 is 1.82 bits per heavy atom. The second-order valence-electron chi connectivity index (χ2n) is 7.55. The minimum absolute atomic E-state index is 0. The molecule has 1 N–H and O–H groups in total. The molecule has 0 aromatic heterocycles. The van der Waals surface area contributed by atoms with Crippen molar-refractivity contribution < 1.29 is 4.79 Å². The SMILES string of the molecule is Cc1cccc(C2(NC(=O)CCCCl)CCN(Cc3ccccc3)CC2)c1.Cl. The number of aryl methyl sites for hydroxylation is 1. The van der Waals surface area contributed by atoms with E-state index in [2.05, 4.69) is 71.7 Å². The van der Waals surface area contributed by atoms with Crippen molar-refractivity contribution in [3.63, 3.8) is 0 Å². The van der Waals surface area contributed by atoms with Gasteiger partial charge in [0.2, 0.25) is 5.91 Å². The van der Waals surface area contributed by atoms with E-state index >= 15 is 0 Å². The van der Waals surface area contributed by atoms with Crippen LogP contribution in [0.15, 0.2) is 54.6 Å². The molecule has 1 amide bonds. The maximum absolute atomic E-state index is 12.5. The molecule has 1 aliphatic heterocycles. The molecule has 1 heterocycles. The Kier molecular flexibility index (Phi) is 8.81. The molecule has 0 radical (unpaired) electrons. The van der Waals surface area contributed by atoms with Crippen molar-refractivity contribution in [3.8, 4) is 0 Å². The fraction of sp³-hybridized carbons (Fsp3) is 0.435. The summed E-state index contributed by atoms with van der Waals surface area (Å²) in [4.78, 5) is 15.0. The summed E-state index contributed by atoms with van der Waals surface area (Å²) in [6.45, 7) is 5.01. The number of carbonyl (C=O) groups excluding carboxylic acids is 1. The monoisotopic (exact) mass is 420 g/mol. The number of piperidine rings is 1. The molecule has 3 rings (SSSR count). The number of likely N-dealkylation sites (tertiary alicyclic amines) is 1. The first-order valence-electron chi connectivity index (χ1n) is 9.82. The van der Waals surface area contributed by atoms with Crippen LogP contribution in [0, 0.1) is 6.92 Å². The third kappa shape index (κ3) is 5.97. The summed E-state index contributed by atoms with van der Waals surface area (Å²) >= 11 is 5.77. The van der Waals surface area contributed by atoms with Crippen molar-refractivity contribution in [1.29, 1.82) is 0 Å². The number of carbonyl (C=O) groups is 1. The van der Waals surface area contributed by atoms with Crippen LogP contribution in [0.2, 0.25) is 0 Å². The smallest absolute Gasteiger partial charge is 0.220 e. The van der Waals surface area contributed by atoms with Crippen LogP contribution in [0.4, 0.5) is 0 Å². The van der Waals surface area contributed by atoms with Gasteiger partial charge >= 0.3 is 0 Å². The van der Waals surface area contributed by atoms with E-state index in [9.17, 15) is 4.79 Å². The van der Waals surface area contributed by atoms with E-state index < -0.39 is 0 Å². The van der Waals surface area contributed by atoms with Gasteiger partial charge in [-0.05, 0) is 37.3 Å². The summed E-state index contributed by atoms with van der Waals surface area (Å²) < 4.78 is 0. The van der Waals surface area contributed by atoms with Crippen molar-refractivity contribution in [2.75, 3.05) is 19.0 Å². The number of benzene rings is 2. The van der Waals surface area contributed by atoms with Gasteiger partial charge in [0.25, 0.3) is 0 Å². The first kappa shape index (κ1) is 22.7. The average molecular weight is 421 g/mol. The Bertz CT molecular complexity index is 743. The number of hydrogen-bond donors (Lipinski definition) is 1. The minimum atomic E-state index is -0.275. The van der Waals surface area contributed by atoms with E-state index in [4.69, 9.17) is 11.6 Å². The number of nitrogens with zero attached hydrogens (tertiary/aromatic N) is 1. The zero-order valence-electron chi connectivity index (χ0n) is 16.5. The molecule has 1 fully saturated rings. The summed E-state index contributed by atoms with van der Waals surface area (Å²) in [5.74, 6) is 0.629. The number of halogens is 2. The Balaban J connectivity index is 0.00000280. The van der Waals surface area contributed by atoms with Crippen molar-refractivity contribution in [2.24, 2.45) is 0 Å². The number of rotatable bonds is 7. The zero-order chi connectivity index (χ0) is 19.1. The standard InChI is InChI=1S/C23H29ClN2O.ClH/c1-19-7-5-10-21(17-19)23(25-22(27)11-6-14-24)12-15-26(16-13-23)18-20-8-3-2-4-9-20;/h2-5,7-10,17H,6,11-16,18H2,1H3,(H,25,27);1H. The van der Waals surface area contributed by atoms with Crippen LogP contribution in [0.3, 0.4) is 0 Å². The fourth-order valence-corrected chi connectivity index (χ4v) is 4.05. The topological polar surface area (TPSA) is 32.3 Å². The fourth-order valence-electron chi connectivity index (χ4n) is 3.92. The third-order valence-corrected chi connectivity index (χ3v) is 5.71. The zero-order valence-corrected chi connectivity index (χ0v) is 18.1. The predicted octanol–water partition coefficient (Wildman–Crippen LogP) is 5.04. The van der Waals surface area contributed by atoms with Crippen LogP contribution < -0.4 is 5.32 Å². The molecule has 0 bridgehead atoms. The Morgan fingerprint density at radius 3 is 2.46 bits per heavy atom. The van der Waals surface area contributed by atoms with Crippen LogP contribution in [0.25, 0.3) is 0 Å². The summed E-state index contributed by atoms with van der Waals surface area (Å²) in [5, 5.41) is 3.37. The minimum Gasteiger partial charge on any atom is -0.346 e.